The van der Waals surface area contributed by atoms with E-state index >= 15 is 0 Å². The summed E-state index contributed by atoms with van der Waals surface area (Å²) in [6.45, 7) is 2.94. The Kier molecular flexibility index (Phi) is 6.09. The predicted octanol–water partition coefficient (Wildman–Crippen LogP) is 4.83. The lowest BCUT2D eigenvalue weighted by Crippen LogP contribution is -2.44. The highest BCUT2D eigenvalue weighted by Gasteiger charge is 2.22. The summed E-state index contributed by atoms with van der Waals surface area (Å²) in [5.41, 5.74) is 3.68. The fraction of sp³-hybridized carbons (Fsp3) is 0.240. The molecule has 32 heavy (non-hydrogen) atoms. The van der Waals surface area contributed by atoms with E-state index in [1.165, 1.54) is 16.9 Å². The van der Waals surface area contributed by atoms with Crippen molar-refractivity contribution in [2.45, 2.75) is 25.4 Å². The maximum absolute atomic E-state index is 12.7. The summed E-state index contributed by atoms with van der Waals surface area (Å²) >= 11 is 1.43. The molecule has 1 aliphatic rings. The smallest absolute Gasteiger partial charge is 0.271 e. The van der Waals surface area contributed by atoms with E-state index in [1.54, 1.807) is 6.20 Å². The third-order valence-electron chi connectivity index (χ3n) is 5.76. The molecule has 2 aromatic carbocycles. The Hall–Kier alpha value is -3.29. The molecule has 162 valence electrons. The number of pyridine rings is 1. The molecule has 1 fully saturated rings. The van der Waals surface area contributed by atoms with Gasteiger partial charge in [-0.15, -0.1) is 11.3 Å². The van der Waals surface area contributed by atoms with Crippen molar-refractivity contribution in [3.63, 3.8) is 0 Å². The first-order valence-electron chi connectivity index (χ1n) is 10.9. The molecular formula is C25H25N5OS. The van der Waals surface area contributed by atoms with E-state index in [0.29, 0.717) is 10.8 Å². The highest BCUT2D eigenvalue weighted by molar-refractivity contribution is 7.14. The minimum absolute atomic E-state index is 0.0986. The Balaban J connectivity index is 1.14. The van der Waals surface area contributed by atoms with Crippen molar-refractivity contribution < 1.29 is 4.79 Å². The zero-order chi connectivity index (χ0) is 21.8. The molecule has 0 spiro atoms. The first-order valence-corrected chi connectivity index (χ1v) is 11.8. The Morgan fingerprint density at radius 3 is 2.75 bits per heavy atom. The van der Waals surface area contributed by atoms with E-state index in [0.717, 1.165) is 49.1 Å². The number of amides is 1. The number of likely N-dealkylation sites (tertiary alicyclic amines) is 1. The maximum atomic E-state index is 12.7. The lowest BCUT2D eigenvalue weighted by molar-refractivity contribution is 0.0904. The van der Waals surface area contributed by atoms with Gasteiger partial charge >= 0.3 is 0 Å². The molecule has 0 atom stereocenters. The van der Waals surface area contributed by atoms with Crippen molar-refractivity contribution in [3.8, 4) is 0 Å². The standard InChI is InChI=1S/C25H25N5OS/c31-24(27-20-10-13-30(14-11-20)16-18-5-2-1-3-6-18)23-17-32-25(29-23)28-21-8-9-22-19(15-21)7-4-12-26-22/h1-9,12,15,17,20H,10-11,13-14,16H2,(H,27,31)(H,28,29). The van der Waals surface area contributed by atoms with Crippen molar-refractivity contribution in [2.24, 2.45) is 0 Å². The van der Waals surface area contributed by atoms with Crippen LogP contribution in [0.2, 0.25) is 0 Å². The highest BCUT2D eigenvalue weighted by atomic mass is 32.1. The second-order valence-corrected chi connectivity index (χ2v) is 8.94. The van der Waals surface area contributed by atoms with E-state index in [4.69, 9.17) is 0 Å². The molecule has 1 saturated heterocycles. The zero-order valence-electron chi connectivity index (χ0n) is 17.7. The fourth-order valence-electron chi connectivity index (χ4n) is 4.05. The largest absolute Gasteiger partial charge is 0.348 e. The van der Waals surface area contributed by atoms with Gasteiger partial charge < -0.3 is 10.6 Å². The van der Waals surface area contributed by atoms with Crippen LogP contribution in [0.15, 0.2) is 72.2 Å². The van der Waals surface area contributed by atoms with E-state index in [1.807, 2.05) is 41.8 Å². The third kappa shape index (κ3) is 4.95. The zero-order valence-corrected chi connectivity index (χ0v) is 18.5. The van der Waals surface area contributed by atoms with Crippen molar-refractivity contribution in [3.05, 3.63) is 83.5 Å². The average molecular weight is 444 g/mol. The number of hydrogen-bond acceptors (Lipinski definition) is 6. The molecule has 0 saturated carbocycles. The van der Waals surface area contributed by atoms with Crippen LogP contribution in [0.4, 0.5) is 10.8 Å². The van der Waals surface area contributed by atoms with Gasteiger partial charge in [0.05, 0.1) is 5.52 Å². The van der Waals surface area contributed by atoms with Crippen LogP contribution in [-0.2, 0) is 6.54 Å². The molecule has 2 N–H and O–H groups in total. The quantitative estimate of drug-likeness (QED) is 0.447. The van der Waals surface area contributed by atoms with Gasteiger partial charge in [-0.3, -0.25) is 14.7 Å². The van der Waals surface area contributed by atoms with Crippen molar-refractivity contribution in [1.29, 1.82) is 0 Å². The first-order chi connectivity index (χ1) is 15.7. The maximum Gasteiger partial charge on any atom is 0.271 e. The van der Waals surface area contributed by atoms with Gasteiger partial charge in [0, 0.05) is 48.3 Å². The summed E-state index contributed by atoms with van der Waals surface area (Å²) in [5.74, 6) is -0.0986. The third-order valence-corrected chi connectivity index (χ3v) is 6.52. The number of anilines is 2. The number of carbonyl (C=O) groups is 1. The molecule has 6 nitrogen and oxygen atoms in total. The Labute approximate surface area is 191 Å². The number of thiazole rings is 1. The lowest BCUT2D eigenvalue weighted by Gasteiger charge is -2.32. The summed E-state index contributed by atoms with van der Waals surface area (Å²) in [5, 5.41) is 10.0. The monoisotopic (exact) mass is 443 g/mol. The predicted molar refractivity (Wildman–Crippen MR) is 129 cm³/mol. The van der Waals surface area contributed by atoms with Crippen LogP contribution in [0, 0.1) is 0 Å². The number of nitrogens with one attached hydrogen (secondary N) is 2. The van der Waals surface area contributed by atoms with Crippen LogP contribution in [0.5, 0.6) is 0 Å². The number of piperidine rings is 1. The molecule has 3 heterocycles. The number of nitrogens with zero attached hydrogens (tertiary/aromatic N) is 3. The Bertz CT molecular complexity index is 1200. The molecule has 2 aromatic heterocycles. The molecule has 4 aromatic rings. The molecule has 7 heteroatoms. The summed E-state index contributed by atoms with van der Waals surface area (Å²) < 4.78 is 0. The van der Waals surface area contributed by atoms with E-state index in [9.17, 15) is 4.79 Å². The van der Waals surface area contributed by atoms with Crippen LogP contribution < -0.4 is 10.6 Å². The summed E-state index contributed by atoms with van der Waals surface area (Å²) in [6, 6.07) is 20.7. The topological polar surface area (TPSA) is 70.2 Å². The van der Waals surface area contributed by atoms with Crippen LogP contribution in [0.1, 0.15) is 28.9 Å². The van der Waals surface area contributed by atoms with Gasteiger partial charge in [-0.2, -0.15) is 0 Å². The summed E-state index contributed by atoms with van der Waals surface area (Å²) in [4.78, 5) is 24.0. The minimum atomic E-state index is -0.0986. The summed E-state index contributed by atoms with van der Waals surface area (Å²) in [7, 11) is 0. The minimum Gasteiger partial charge on any atom is -0.348 e. The molecule has 0 radical (unpaired) electrons. The number of rotatable bonds is 6. The Morgan fingerprint density at radius 2 is 1.91 bits per heavy atom. The number of benzene rings is 2. The van der Waals surface area contributed by atoms with E-state index in [2.05, 4.69) is 49.8 Å². The molecular weight excluding hydrogens is 418 g/mol. The van der Waals surface area contributed by atoms with Gasteiger partial charge in [-0.25, -0.2) is 4.98 Å². The lowest BCUT2D eigenvalue weighted by atomic mass is 10.0. The van der Waals surface area contributed by atoms with Gasteiger partial charge in [-0.05, 0) is 42.7 Å². The Morgan fingerprint density at radius 1 is 1.06 bits per heavy atom. The summed E-state index contributed by atoms with van der Waals surface area (Å²) in [6.07, 6.45) is 3.70. The van der Waals surface area contributed by atoms with Gasteiger partial charge in [0.2, 0.25) is 0 Å². The molecule has 5 rings (SSSR count). The van der Waals surface area contributed by atoms with Crippen LogP contribution in [0.25, 0.3) is 10.9 Å². The number of carbonyl (C=O) groups excluding carboxylic acids is 1. The van der Waals surface area contributed by atoms with Crippen LogP contribution in [0.3, 0.4) is 0 Å². The molecule has 0 unspecified atom stereocenters. The van der Waals surface area contributed by atoms with Gasteiger partial charge in [0.25, 0.3) is 5.91 Å². The van der Waals surface area contributed by atoms with Gasteiger partial charge in [0.15, 0.2) is 5.13 Å². The molecule has 0 bridgehead atoms. The average Bonchev–Trinajstić information content (AvgIpc) is 3.30. The second kappa shape index (κ2) is 9.46. The van der Waals surface area contributed by atoms with E-state index in [-0.39, 0.29) is 11.9 Å². The molecule has 1 aliphatic heterocycles. The van der Waals surface area contributed by atoms with E-state index < -0.39 is 0 Å². The molecule has 1 amide bonds. The van der Waals surface area contributed by atoms with Crippen molar-refractivity contribution in [2.75, 3.05) is 18.4 Å². The van der Waals surface area contributed by atoms with Crippen LogP contribution in [-0.4, -0.2) is 39.9 Å². The highest BCUT2D eigenvalue weighted by Crippen LogP contribution is 2.24. The fourth-order valence-corrected chi connectivity index (χ4v) is 4.76. The van der Waals surface area contributed by atoms with Gasteiger partial charge in [0.1, 0.15) is 5.69 Å². The second-order valence-electron chi connectivity index (χ2n) is 8.08. The van der Waals surface area contributed by atoms with Crippen molar-refractivity contribution in [1.82, 2.24) is 20.2 Å². The number of fused-ring (bicyclic) bond motifs is 1. The van der Waals surface area contributed by atoms with Crippen molar-refractivity contribution >= 4 is 39.0 Å². The first kappa shape index (κ1) is 20.6. The van der Waals surface area contributed by atoms with Crippen LogP contribution >= 0.6 is 11.3 Å². The normalized spacial score (nSPS) is 15.0. The molecule has 0 aliphatic carbocycles. The number of aromatic nitrogens is 2. The van der Waals surface area contributed by atoms with Gasteiger partial charge in [-0.1, -0.05) is 36.4 Å². The number of hydrogen-bond donors (Lipinski definition) is 2. The SMILES string of the molecule is O=C(NC1CCN(Cc2ccccc2)CC1)c1csc(Nc2ccc3ncccc3c2)n1.